The van der Waals surface area contributed by atoms with E-state index in [-0.39, 0.29) is 11.8 Å². The van der Waals surface area contributed by atoms with E-state index in [1.54, 1.807) is 6.07 Å². The van der Waals surface area contributed by atoms with Gasteiger partial charge >= 0.3 is 0 Å². The second kappa shape index (κ2) is 9.34. The van der Waals surface area contributed by atoms with E-state index in [1.165, 1.54) is 11.3 Å². The average Bonchev–Trinajstić information content (AvgIpc) is 3.55. The van der Waals surface area contributed by atoms with Gasteiger partial charge < -0.3 is 18.8 Å². The third-order valence-electron chi connectivity index (χ3n) is 5.38. The van der Waals surface area contributed by atoms with E-state index in [9.17, 15) is 9.59 Å². The largest absolute Gasteiger partial charge is 0.454 e. The second-order valence-corrected chi connectivity index (χ2v) is 8.54. The van der Waals surface area contributed by atoms with E-state index in [0.717, 1.165) is 48.7 Å². The Morgan fingerprint density at radius 3 is 2.70 bits per heavy atom. The SMILES string of the molecule is CCCN(Cc1cccn1Cc1ccc(C(=O)N2CCCC2)o1)C(=O)c1cccs1. The van der Waals surface area contributed by atoms with Crippen molar-refractivity contribution >= 4 is 23.2 Å². The van der Waals surface area contributed by atoms with Crippen molar-refractivity contribution in [3.05, 3.63) is 70.1 Å². The minimum Gasteiger partial charge on any atom is -0.454 e. The molecule has 0 aromatic carbocycles. The Labute approximate surface area is 180 Å². The lowest BCUT2D eigenvalue weighted by Crippen LogP contribution is -2.31. The minimum atomic E-state index is -0.0258. The predicted molar refractivity (Wildman–Crippen MR) is 117 cm³/mol. The lowest BCUT2D eigenvalue weighted by molar-refractivity contribution is 0.0740. The first-order valence-electron chi connectivity index (χ1n) is 10.5. The van der Waals surface area contributed by atoms with Gasteiger partial charge in [0.25, 0.3) is 11.8 Å². The zero-order chi connectivity index (χ0) is 20.9. The molecule has 6 nitrogen and oxygen atoms in total. The third-order valence-corrected chi connectivity index (χ3v) is 6.24. The summed E-state index contributed by atoms with van der Waals surface area (Å²) in [6.45, 7) is 5.47. The number of thiophene rings is 1. The number of rotatable bonds is 8. The van der Waals surface area contributed by atoms with Crippen molar-refractivity contribution in [2.45, 2.75) is 39.3 Å². The van der Waals surface area contributed by atoms with Crippen molar-refractivity contribution < 1.29 is 14.0 Å². The van der Waals surface area contributed by atoms with Crippen molar-refractivity contribution in [1.29, 1.82) is 0 Å². The van der Waals surface area contributed by atoms with Crippen LogP contribution in [0.25, 0.3) is 0 Å². The van der Waals surface area contributed by atoms with Gasteiger partial charge in [0, 0.05) is 31.5 Å². The fourth-order valence-corrected chi connectivity index (χ4v) is 4.53. The van der Waals surface area contributed by atoms with E-state index < -0.39 is 0 Å². The maximum atomic E-state index is 12.9. The summed E-state index contributed by atoms with van der Waals surface area (Å²) in [6.07, 6.45) is 5.01. The molecule has 0 spiro atoms. The first-order chi connectivity index (χ1) is 14.7. The van der Waals surface area contributed by atoms with E-state index in [4.69, 9.17) is 4.42 Å². The topological polar surface area (TPSA) is 58.7 Å². The monoisotopic (exact) mass is 425 g/mol. The molecule has 0 saturated carbocycles. The van der Waals surface area contributed by atoms with Crippen LogP contribution in [0.3, 0.4) is 0 Å². The Morgan fingerprint density at radius 1 is 1.13 bits per heavy atom. The highest BCUT2D eigenvalue weighted by Gasteiger charge is 2.22. The lowest BCUT2D eigenvalue weighted by Gasteiger charge is -2.22. The van der Waals surface area contributed by atoms with Crippen LogP contribution < -0.4 is 0 Å². The number of carbonyl (C=O) groups excluding carboxylic acids is 2. The summed E-state index contributed by atoms with van der Waals surface area (Å²) in [7, 11) is 0. The van der Waals surface area contributed by atoms with Gasteiger partial charge in [0.2, 0.25) is 0 Å². The summed E-state index contributed by atoms with van der Waals surface area (Å²) in [6, 6.07) is 11.4. The fourth-order valence-electron chi connectivity index (χ4n) is 3.84. The molecule has 1 aliphatic rings. The van der Waals surface area contributed by atoms with Crippen LogP contribution in [0.4, 0.5) is 0 Å². The zero-order valence-electron chi connectivity index (χ0n) is 17.3. The maximum absolute atomic E-state index is 12.9. The number of carbonyl (C=O) groups is 2. The van der Waals surface area contributed by atoms with Crippen LogP contribution in [-0.4, -0.2) is 45.8 Å². The average molecular weight is 426 g/mol. The Hall–Kier alpha value is -2.80. The normalized spacial score (nSPS) is 13.7. The molecule has 0 radical (unpaired) electrons. The molecule has 4 heterocycles. The van der Waals surface area contributed by atoms with Gasteiger partial charge in [-0.05, 0) is 55.0 Å². The second-order valence-electron chi connectivity index (χ2n) is 7.60. The van der Waals surface area contributed by atoms with E-state index >= 15 is 0 Å². The molecule has 30 heavy (non-hydrogen) atoms. The van der Waals surface area contributed by atoms with Crippen molar-refractivity contribution in [2.75, 3.05) is 19.6 Å². The van der Waals surface area contributed by atoms with Gasteiger partial charge in [0.05, 0.1) is 18.0 Å². The Balaban J connectivity index is 1.45. The van der Waals surface area contributed by atoms with Crippen LogP contribution in [-0.2, 0) is 13.1 Å². The number of hydrogen-bond donors (Lipinski definition) is 0. The molecule has 2 amide bonds. The highest BCUT2D eigenvalue weighted by molar-refractivity contribution is 7.12. The predicted octanol–water partition coefficient (Wildman–Crippen LogP) is 4.48. The van der Waals surface area contributed by atoms with E-state index in [2.05, 4.69) is 11.5 Å². The standard InChI is InChI=1S/C23H27N3O3S/c1-2-11-26(23(28)21-8-6-15-30-21)16-18-7-5-14-25(18)17-19-9-10-20(29-19)22(27)24-12-3-4-13-24/h5-10,14-15H,2-4,11-13,16-17H2,1H3. The van der Waals surface area contributed by atoms with Crippen LogP contribution in [0.5, 0.6) is 0 Å². The van der Waals surface area contributed by atoms with Crippen LogP contribution in [0.1, 0.15) is 57.9 Å². The molecule has 0 aliphatic carbocycles. The summed E-state index contributed by atoms with van der Waals surface area (Å²) in [4.78, 5) is 29.9. The number of nitrogens with zero attached hydrogens (tertiary/aromatic N) is 3. The Bertz CT molecular complexity index is 983. The van der Waals surface area contributed by atoms with Crippen LogP contribution in [0.15, 0.2) is 52.4 Å². The smallest absolute Gasteiger partial charge is 0.289 e. The molecule has 1 aliphatic heterocycles. The van der Waals surface area contributed by atoms with Crippen LogP contribution in [0.2, 0.25) is 0 Å². The number of hydrogen-bond acceptors (Lipinski definition) is 4. The van der Waals surface area contributed by atoms with Crippen LogP contribution in [0, 0.1) is 0 Å². The minimum absolute atomic E-state index is 0.0258. The summed E-state index contributed by atoms with van der Waals surface area (Å²) >= 11 is 1.47. The molecular weight excluding hydrogens is 398 g/mol. The number of aromatic nitrogens is 1. The highest BCUT2D eigenvalue weighted by atomic mass is 32.1. The molecular formula is C23H27N3O3S. The van der Waals surface area contributed by atoms with Crippen molar-refractivity contribution in [2.24, 2.45) is 0 Å². The molecule has 1 saturated heterocycles. The molecule has 3 aromatic heterocycles. The zero-order valence-corrected chi connectivity index (χ0v) is 18.1. The van der Waals surface area contributed by atoms with Crippen molar-refractivity contribution in [1.82, 2.24) is 14.4 Å². The fraction of sp³-hybridized carbons (Fsp3) is 0.391. The van der Waals surface area contributed by atoms with Crippen molar-refractivity contribution in [3.63, 3.8) is 0 Å². The molecule has 7 heteroatoms. The molecule has 0 bridgehead atoms. The van der Waals surface area contributed by atoms with Gasteiger partial charge in [0.15, 0.2) is 5.76 Å². The lowest BCUT2D eigenvalue weighted by atomic mass is 10.3. The molecule has 1 fully saturated rings. The van der Waals surface area contributed by atoms with E-state index in [1.807, 2.05) is 51.7 Å². The van der Waals surface area contributed by atoms with E-state index in [0.29, 0.717) is 25.4 Å². The summed E-state index contributed by atoms with van der Waals surface area (Å²) in [5, 5.41) is 1.93. The highest BCUT2D eigenvalue weighted by Crippen LogP contribution is 2.19. The number of likely N-dealkylation sites (tertiary alicyclic amines) is 1. The van der Waals surface area contributed by atoms with Crippen molar-refractivity contribution in [3.8, 4) is 0 Å². The van der Waals surface area contributed by atoms with Gasteiger partial charge in [-0.1, -0.05) is 13.0 Å². The Morgan fingerprint density at radius 2 is 1.97 bits per heavy atom. The van der Waals surface area contributed by atoms with Gasteiger partial charge in [0.1, 0.15) is 5.76 Å². The molecule has 0 unspecified atom stereocenters. The summed E-state index contributed by atoms with van der Waals surface area (Å²) < 4.78 is 7.93. The van der Waals surface area contributed by atoms with Gasteiger partial charge in [-0.25, -0.2) is 0 Å². The quantitative estimate of drug-likeness (QED) is 0.535. The van der Waals surface area contributed by atoms with Crippen LogP contribution >= 0.6 is 11.3 Å². The molecule has 158 valence electrons. The molecule has 3 aromatic rings. The first-order valence-corrected chi connectivity index (χ1v) is 11.4. The number of amides is 2. The third kappa shape index (κ3) is 4.51. The molecule has 0 N–H and O–H groups in total. The summed E-state index contributed by atoms with van der Waals surface area (Å²) in [5.41, 5.74) is 1.04. The maximum Gasteiger partial charge on any atom is 0.289 e. The summed E-state index contributed by atoms with van der Waals surface area (Å²) in [5.74, 6) is 1.18. The van der Waals surface area contributed by atoms with Gasteiger partial charge in [-0.2, -0.15) is 0 Å². The molecule has 4 rings (SSSR count). The van der Waals surface area contributed by atoms with Gasteiger partial charge in [-0.15, -0.1) is 11.3 Å². The van der Waals surface area contributed by atoms with Gasteiger partial charge in [-0.3, -0.25) is 9.59 Å². The molecule has 0 atom stereocenters. The first kappa shape index (κ1) is 20.5. The number of furan rings is 1. The Kier molecular flexibility index (Phi) is 6.38.